The van der Waals surface area contributed by atoms with Gasteiger partial charge in [-0.3, -0.25) is 10.2 Å². The third kappa shape index (κ3) is 4.56. The van der Waals surface area contributed by atoms with Gasteiger partial charge >= 0.3 is 6.36 Å². The molecule has 30 heavy (non-hydrogen) atoms. The van der Waals surface area contributed by atoms with Crippen LogP contribution in [0, 0.1) is 5.82 Å². The normalized spacial score (nSPS) is 12.2. The molecule has 1 aromatic heterocycles. The molecule has 0 saturated heterocycles. The minimum atomic E-state index is -4.97. The number of hydrogen-bond acceptors (Lipinski definition) is 6. The molecule has 13 heteroatoms. The van der Waals surface area contributed by atoms with Crippen LogP contribution in [0.4, 0.5) is 23.2 Å². The van der Waals surface area contributed by atoms with Crippen LogP contribution in [0.1, 0.15) is 6.92 Å². The fourth-order valence-corrected chi connectivity index (χ4v) is 4.15. The number of halogens is 5. The molecule has 0 aliphatic heterocycles. The van der Waals surface area contributed by atoms with E-state index >= 15 is 0 Å². The maximum absolute atomic E-state index is 13.7. The topological polar surface area (TPSA) is 90.3 Å². The Morgan fingerprint density at radius 3 is 2.57 bits per heavy atom. The van der Waals surface area contributed by atoms with E-state index in [4.69, 9.17) is 0 Å². The van der Waals surface area contributed by atoms with E-state index in [-0.39, 0.29) is 31.7 Å². The van der Waals surface area contributed by atoms with Gasteiger partial charge in [0.05, 0.1) is 27.2 Å². The van der Waals surface area contributed by atoms with Gasteiger partial charge in [-0.1, -0.05) is 6.92 Å². The van der Waals surface area contributed by atoms with Crippen LogP contribution in [0.25, 0.3) is 10.9 Å². The minimum absolute atomic E-state index is 0.0493. The summed E-state index contributed by atoms with van der Waals surface area (Å²) in [4.78, 5) is 16.5. The van der Waals surface area contributed by atoms with Crippen molar-refractivity contribution in [3.05, 3.63) is 57.3 Å². The van der Waals surface area contributed by atoms with Gasteiger partial charge in [0.15, 0.2) is 9.84 Å². The maximum atomic E-state index is 13.7. The lowest BCUT2D eigenvalue weighted by molar-refractivity contribution is -0.274. The first-order valence-corrected chi connectivity index (χ1v) is 10.6. The first kappa shape index (κ1) is 22.0. The summed E-state index contributed by atoms with van der Waals surface area (Å²) in [6, 6.07) is 4.71. The lowest BCUT2D eigenvalue weighted by Gasteiger charge is -2.15. The number of nitrogens with one attached hydrogen (secondary N) is 1. The number of alkyl halides is 3. The van der Waals surface area contributed by atoms with Crippen molar-refractivity contribution in [1.82, 2.24) is 9.66 Å². The van der Waals surface area contributed by atoms with E-state index in [2.05, 4.69) is 31.1 Å². The Morgan fingerprint density at radius 2 is 1.93 bits per heavy atom. The van der Waals surface area contributed by atoms with Crippen LogP contribution in [0.5, 0.6) is 5.75 Å². The molecule has 0 aliphatic rings. The predicted octanol–water partition coefficient (Wildman–Crippen LogP) is 3.87. The molecule has 0 fully saturated rings. The van der Waals surface area contributed by atoms with Gasteiger partial charge in [-0.05, 0) is 40.2 Å². The second-order valence-corrected chi connectivity index (χ2v) is 9.03. The highest BCUT2D eigenvalue weighted by Gasteiger charge is 2.31. The van der Waals surface area contributed by atoms with Crippen molar-refractivity contribution in [3.63, 3.8) is 0 Å². The minimum Gasteiger partial charge on any atom is -0.406 e. The Kier molecular flexibility index (Phi) is 5.78. The van der Waals surface area contributed by atoms with Crippen LogP contribution in [0.15, 0.2) is 50.8 Å². The first-order chi connectivity index (χ1) is 13.9. The molecule has 3 aromatic rings. The summed E-state index contributed by atoms with van der Waals surface area (Å²) in [5.74, 6) is -1.69. The van der Waals surface area contributed by atoms with Gasteiger partial charge in [0, 0.05) is 10.5 Å². The van der Waals surface area contributed by atoms with Crippen LogP contribution in [-0.2, 0) is 9.84 Å². The number of hydrogen-bond donors (Lipinski definition) is 1. The molecule has 0 amide bonds. The molecular weight excluding hydrogens is 498 g/mol. The van der Waals surface area contributed by atoms with E-state index in [9.17, 15) is 30.8 Å². The quantitative estimate of drug-likeness (QED) is 0.414. The second-order valence-electron chi connectivity index (χ2n) is 5.92. The molecule has 3 rings (SSSR count). The van der Waals surface area contributed by atoms with Gasteiger partial charge in [-0.15, -0.1) is 13.2 Å². The maximum Gasteiger partial charge on any atom is 0.573 e. The van der Waals surface area contributed by atoms with Crippen LogP contribution in [0.2, 0.25) is 0 Å². The zero-order chi connectivity index (χ0) is 22.3. The van der Waals surface area contributed by atoms with Crippen LogP contribution in [0.3, 0.4) is 0 Å². The number of sulfone groups is 1. The van der Waals surface area contributed by atoms with Gasteiger partial charge in [-0.25, -0.2) is 22.5 Å². The van der Waals surface area contributed by atoms with E-state index in [1.807, 2.05) is 0 Å². The summed E-state index contributed by atoms with van der Waals surface area (Å²) >= 11 is 3.03. The van der Waals surface area contributed by atoms with Crippen molar-refractivity contribution < 1.29 is 30.7 Å². The average molecular weight is 510 g/mol. The predicted molar refractivity (Wildman–Crippen MR) is 104 cm³/mol. The molecule has 0 atom stereocenters. The highest BCUT2D eigenvalue weighted by atomic mass is 79.9. The van der Waals surface area contributed by atoms with Gasteiger partial charge in [0.1, 0.15) is 17.9 Å². The fraction of sp³-hybridized carbons (Fsp3) is 0.176. The summed E-state index contributed by atoms with van der Waals surface area (Å²) in [5, 5.41) is -0.255. The van der Waals surface area contributed by atoms with E-state index in [0.29, 0.717) is 0 Å². The van der Waals surface area contributed by atoms with Crippen molar-refractivity contribution >= 4 is 42.4 Å². The number of rotatable bonds is 5. The molecular formula is C17H12BrF4N3O4S. The van der Waals surface area contributed by atoms with Gasteiger partial charge < -0.3 is 4.74 Å². The smallest absolute Gasteiger partial charge is 0.406 e. The van der Waals surface area contributed by atoms with Gasteiger partial charge in [0.25, 0.3) is 5.56 Å². The number of nitrogens with zero attached hydrogens (tertiary/aromatic N) is 2. The molecule has 1 N–H and O–H groups in total. The first-order valence-electron chi connectivity index (χ1n) is 8.17. The van der Waals surface area contributed by atoms with Crippen molar-refractivity contribution in [2.75, 3.05) is 11.2 Å². The number of aromatic nitrogens is 2. The second kappa shape index (κ2) is 7.87. The Balaban J connectivity index is 2.14. The van der Waals surface area contributed by atoms with Crippen molar-refractivity contribution in [1.29, 1.82) is 0 Å². The summed E-state index contributed by atoms with van der Waals surface area (Å²) in [7, 11) is -3.77. The summed E-state index contributed by atoms with van der Waals surface area (Å²) < 4.78 is 80.4. The van der Waals surface area contributed by atoms with Crippen molar-refractivity contribution in [2.45, 2.75) is 18.2 Å². The molecule has 0 bridgehead atoms. The molecule has 0 aliphatic carbocycles. The van der Waals surface area contributed by atoms with Crippen molar-refractivity contribution in [2.24, 2.45) is 0 Å². The molecule has 0 unspecified atom stereocenters. The number of ether oxygens (including phenoxy) is 1. The lowest BCUT2D eigenvalue weighted by atomic mass is 10.2. The molecule has 160 valence electrons. The van der Waals surface area contributed by atoms with E-state index in [1.165, 1.54) is 6.92 Å². The van der Waals surface area contributed by atoms with Crippen LogP contribution >= 0.6 is 15.9 Å². The molecule has 2 aromatic carbocycles. The van der Waals surface area contributed by atoms with E-state index < -0.39 is 33.3 Å². The van der Waals surface area contributed by atoms with Crippen LogP contribution in [-0.4, -0.2) is 30.2 Å². The monoisotopic (exact) mass is 509 g/mol. The largest absolute Gasteiger partial charge is 0.573 e. The number of anilines is 1. The molecule has 0 saturated carbocycles. The Hall–Kier alpha value is -2.67. The third-order valence-corrected chi connectivity index (χ3v) is 6.31. The number of benzene rings is 2. The van der Waals surface area contributed by atoms with Gasteiger partial charge in [0.2, 0.25) is 0 Å². The van der Waals surface area contributed by atoms with Crippen molar-refractivity contribution in [3.8, 4) is 5.75 Å². The Morgan fingerprint density at radius 1 is 1.23 bits per heavy atom. The van der Waals surface area contributed by atoms with E-state index in [0.717, 1.165) is 41.3 Å². The van der Waals surface area contributed by atoms with Gasteiger partial charge in [-0.2, -0.15) is 0 Å². The fourth-order valence-electron chi connectivity index (χ4n) is 2.58. The number of fused-ring (bicyclic) bond motifs is 1. The average Bonchev–Trinajstić information content (AvgIpc) is 2.63. The molecule has 0 spiro atoms. The zero-order valence-corrected chi connectivity index (χ0v) is 17.4. The van der Waals surface area contributed by atoms with Crippen LogP contribution < -0.4 is 15.7 Å². The molecule has 7 nitrogen and oxygen atoms in total. The zero-order valence-electron chi connectivity index (χ0n) is 15.0. The summed E-state index contributed by atoms with van der Waals surface area (Å²) in [6.07, 6.45) is -3.98. The lowest BCUT2D eigenvalue weighted by Crippen LogP contribution is -2.28. The molecule has 1 heterocycles. The van der Waals surface area contributed by atoms with E-state index in [1.54, 1.807) is 0 Å². The molecule has 0 radical (unpaired) electrons. The highest BCUT2D eigenvalue weighted by molar-refractivity contribution is 9.10. The standard InChI is InChI=1S/C17H12BrF4N3O4S/c1-2-30(27,28)14-4-3-9(19)5-13(14)24-25-8-23-15-11(16(25)26)6-10(7-12(15)18)29-17(20,21)22/h3-8,24H,2H2,1H3. The SMILES string of the molecule is CCS(=O)(=O)c1ccc(F)cc1Nn1cnc2c(Br)cc(OC(F)(F)F)cc2c1=O. The highest BCUT2D eigenvalue weighted by Crippen LogP contribution is 2.30. The Labute approximate surface area is 175 Å². The summed E-state index contributed by atoms with van der Waals surface area (Å²) in [6.45, 7) is 1.39. The Bertz CT molecular complexity index is 1290. The summed E-state index contributed by atoms with van der Waals surface area (Å²) in [5.41, 5.74) is 1.40. The third-order valence-electron chi connectivity index (χ3n) is 3.92.